The molecule has 0 amide bonds. The van der Waals surface area contributed by atoms with E-state index in [1.54, 1.807) is 22.7 Å². The molecule has 20 heavy (non-hydrogen) atoms. The zero-order valence-corrected chi connectivity index (χ0v) is 13.1. The van der Waals surface area contributed by atoms with E-state index in [0.717, 1.165) is 29.7 Å². The van der Waals surface area contributed by atoms with Crippen LogP contribution < -0.4 is 0 Å². The van der Waals surface area contributed by atoms with Gasteiger partial charge < -0.3 is 0 Å². The highest BCUT2D eigenvalue weighted by Gasteiger charge is 2.16. The summed E-state index contributed by atoms with van der Waals surface area (Å²) in [5, 5.41) is 6.76. The smallest absolute Gasteiger partial charge is 0.153 e. The monoisotopic (exact) mass is 304 g/mol. The minimum absolute atomic E-state index is 0.364. The van der Waals surface area contributed by atoms with Gasteiger partial charge in [-0.1, -0.05) is 13.8 Å². The molecule has 104 valence electrons. The van der Waals surface area contributed by atoms with E-state index in [2.05, 4.69) is 36.5 Å². The Morgan fingerprint density at radius 2 is 2.15 bits per heavy atom. The van der Waals surface area contributed by atoms with Crippen LogP contribution in [-0.4, -0.2) is 16.1 Å². The van der Waals surface area contributed by atoms with Crippen molar-refractivity contribution in [1.82, 2.24) is 9.78 Å². The first-order valence-corrected chi connectivity index (χ1v) is 8.48. The number of hydrogen-bond acceptors (Lipinski definition) is 4. The molecule has 0 aromatic carbocycles. The average Bonchev–Trinajstić information content (AvgIpc) is 3.12. The molecule has 5 heteroatoms. The van der Waals surface area contributed by atoms with E-state index in [0.29, 0.717) is 11.6 Å². The van der Waals surface area contributed by atoms with Crippen LogP contribution in [0.1, 0.15) is 43.1 Å². The minimum atomic E-state index is 0.364. The molecule has 0 fully saturated rings. The molecule has 0 saturated heterocycles. The summed E-state index contributed by atoms with van der Waals surface area (Å²) in [7, 11) is 0. The summed E-state index contributed by atoms with van der Waals surface area (Å²) in [4.78, 5) is 12.4. The van der Waals surface area contributed by atoms with Gasteiger partial charge in [-0.05, 0) is 30.4 Å². The van der Waals surface area contributed by atoms with E-state index in [9.17, 15) is 4.79 Å². The Bertz CT molecular complexity index is 706. The lowest BCUT2D eigenvalue weighted by Crippen LogP contribution is -2.07. The van der Waals surface area contributed by atoms with Gasteiger partial charge in [0.25, 0.3) is 0 Å². The zero-order valence-electron chi connectivity index (χ0n) is 11.5. The molecule has 0 aliphatic heterocycles. The normalized spacial score (nSPS) is 11.6. The highest BCUT2D eigenvalue weighted by Crippen LogP contribution is 2.37. The van der Waals surface area contributed by atoms with Gasteiger partial charge in [-0.2, -0.15) is 5.10 Å². The van der Waals surface area contributed by atoms with Crippen LogP contribution in [0.3, 0.4) is 0 Å². The van der Waals surface area contributed by atoms with Crippen molar-refractivity contribution in [2.75, 3.05) is 0 Å². The summed E-state index contributed by atoms with van der Waals surface area (Å²) in [6.07, 6.45) is 4.84. The van der Waals surface area contributed by atoms with E-state index in [1.165, 1.54) is 9.40 Å². The second-order valence-electron chi connectivity index (χ2n) is 4.76. The molecule has 3 rings (SSSR count). The van der Waals surface area contributed by atoms with Crippen molar-refractivity contribution in [3.63, 3.8) is 0 Å². The third kappa shape index (κ3) is 2.21. The molecule has 3 aromatic rings. The number of aldehydes is 1. The van der Waals surface area contributed by atoms with Crippen molar-refractivity contribution in [2.24, 2.45) is 0 Å². The lowest BCUT2D eigenvalue weighted by Gasteiger charge is -2.12. The molecule has 0 unspecified atom stereocenters. The number of aromatic nitrogens is 2. The van der Waals surface area contributed by atoms with Crippen molar-refractivity contribution in [2.45, 2.75) is 32.7 Å². The third-order valence-electron chi connectivity index (χ3n) is 3.58. The number of nitrogens with zero attached hydrogens (tertiary/aromatic N) is 2. The van der Waals surface area contributed by atoms with Gasteiger partial charge in [0.2, 0.25) is 0 Å². The van der Waals surface area contributed by atoms with Crippen LogP contribution in [0.2, 0.25) is 0 Å². The van der Waals surface area contributed by atoms with Crippen LogP contribution >= 0.6 is 22.7 Å². The van der Waals surface area contributed by atoms with Crippen molar-refractivity contribution in [3.05, 3.63) is 29.3 Å². The van der Waals surface area contributed by atoms with Crippen LogP contribution in [0.5, 0.6) is 0 Å². The van der Waals surface area contributed by atoms with Crippen LogP contribution in [0, 0.1) is 0 Å². The molecule has 0 bridgehead atoms. The van der Waals surface area contributed by atoms with E-state index in [1.807, 2.05) is 10.9 Å². The fourth-order valence-corrected chi connectivity index (χ4v) is 4.53. The van der Waals surface area contributed by atoms with Gasteiger partial charge in [-0.15, -0.1) is 22.7 Å². The van der Waals surface area contributed by atoms with Gasteiger partial charge in [0, 0.05) is 15.6 Å². The predicted molar refractivity (Wildman–Crippen MR) is 85.9 cm³/mol. The summed E-state index contributed by atoms with van der Waals surface area (Å²) in [5.74, 6) is 0. The molecule has 0 atom stereocenters. The van der Waals surface area contributed by atoms with Crippen LogP contribution in [0.15, 0.2) is 23.7 Å². The van der Waals surface area contributed by atoms with Crippen LogP contribution in [0.4, 0.5) is 0 Å². The Kier molecular flexibility index (Phi) is 3.72. The third-order valence-corrected chi connectivity index (χ3v) is 5.68. The second-order valence-corrected chi connectivity index (χ2v) is 6.79. The van der Waals surface area contributed by atoms with E-state index in [-0.39, 0.29) is 0 Å². The van der Waals surface area contributed by atoms with Crippen molar-refractivity contribution in [3.8, 4) is 10.6 Å². The first-order valence-electron chi connectivity index (χ1n) is 6.78. The highest BCUT2D eigenvalue weighted by molar-refractivity contribution is 7.28. The molecular formula is C15H16N2OS2. The molecular weight excluding hydrogens is 288 g/mol. The second kappa shape index (κ2) is 5.50. The fraction of sp³-hybridized carbons (Fsp3) is 0.333. The predicted octanol–water partition coefficient (Wildman–Crippen LogP) is 5.00. The summed E-state index contributed by atoms with van der Waals surface area (Å²) >= 11 is 3.43. The van der Waals surface area contributed by atoms with Crippen LogP contribution in [-0.2, 0) is 0 Å². The molecule has 0 aliphatic carbocycles. The molecule has 0 aliphatic rings. The van der Waals surface area contributed by atoms with Gasteiger partial charge in [0.05, 0.1) is 16.5 Å². The largest absolute Gasteiger partial charge is 0.298 e. The van der Waals surface area contributed by atoms with Gasteiger partial charge in [0.1, 0.15) is 5.69 Å². The number of hydrogen-bond donors (Lipinski definition) is 0. The van der Waals surface area contributed by atoms with E-state index < -0.39 is 0 Å². The molecule has 0 spiro atoms. The van der Waals surface area contributed by atoms with Crippen molar-refractivity contribution in [1.29, 1.82) is 0 Å². The fourth-order valence-electron chi connectivity index (χ4n) is 2.42. The van der Waals surface area contributed by atoms with Gasteiger partial charge in [-0.25, -0.2) is 0 Å². The molecule has 3 nitrogen and oxygen atoms in total. The Morgan fingerprint density at radius 1 is 1.35 bits per heavy atom. The zero-order chi connectivity index (χ0) is 14.1. The molecule has 0 radical (unpaired) electrons. The molecule has 0 saturated carbocycles. The minimum Gasteiger partial charge on any atom is -0.298 e. The number of rotatable bonds is 5. The highest BCUT2D eigenvalue weighted by atomic mass is 32.1. The SMILES string of the molecule is CCC(CC)n1cc(C=O)c(-c2cc3sccc3s2)n1. The topological polar surface area (TPSA) is 34.9 Å². The number of carbonyl (C=O) groups is 1. The van der Waals surface area contributed by atoms with Crippen molar-refractivity contribution < 1.29 is 4.79 Å². The summed E-state index contributed by atoms with van der Waals surface area (Å²) in [6, 6.07) is 4.62. The molecule has 0 N–H and O–H groups in total. The molecule has 3 heterocycles. The number of carbonyl (C=O) groups excluding carboxylic acids is 1. The number of fused-ring (bicyclic) bond motifs is 1. The van der Waals surface area contributed by atoms with Crippen LogP contribution in [0.25, 0.3) is 20.0 Å². The Hall–Kier alpha value is -1.46. The Morgan fingerprint density at radius 3 is 2.80 bits per heavy atom. The Labute approximate surface area is 125 Å². The molecule has 3 aromatic heterocycles. The van der Waals surface area contributed by atoms with E-state index >= 15 is 0 Å². The maximum atomic E-state index is 11.3. The summed E-state index contributed by atoms with van der Waals surface area (Å²) in [5.41, 5.74) is 1.51. The maximum Gasteiger partial charge on any atom is 0.153 e. The first kappa shape index (κ1) is 13.5. The average molecular weight is 304 g/mol. The van der Waals surface area contributed by atoms with Crippen molar-refractivity contribution >= 4 is 38.4 Å². The summed E-state index contributed by atoms with van der Waals surface area (Å²) in [6.45, 7) is 4.30. The number of thiophene rings is 2. The van der Waals surface area contributed by atoms with Gasteiger partial charge >= 0.3 is 0 Å². The van der Waals surface area contributed by atoms with Gasteiger partial charge in [0.15, 0.2) is 6.29 Å². The van der Waals surface area contributed by atoms with E-state index in [4.69, 9.17) is 0 Å². The standard InChI is InChI=1S/C15H16N2OS2/c1-3-11(4-2)17-8-10(9-18)15(16-17)14-7-13-12(20-14)5-6-19-13/h5-9,11H,3-4H2,1-2H3. The lowest BCUT2D eigenvalue weighted by molar-refractivity contribution is 0.112. The quantitative estimate of drug-likeness (QED) is 0.622. The Balaban J connectivity index is 2.08. The maximum absolute atomic E-state index is 11.3. The first-order chi connectivity index (χ1) is 9.76. The summed E-state index contributed by atoms with van der Waals surface area (Å²) < 4.78 is 4.48. The lowest BCUT2D eigenvalue weighted by atomic mass is 10.2. The van der Waals surface area contributed by atoms with Gasteiger partial charge in [-0.3, -0.25) is 9.48 Å².